The molecule has 1 fully saturated rings. The van der Waals surface area contributed by atoms with E-state index in [9.17, 15) is 14.0 Å². The number of aromatic nitrogens is 1. The molecule has 8 nitrogen and oxygen atoms in total. The van der Waals surface area contributed by atoms with Gasteiger partial charge in [-0.05, 0) is 72.1 Å². The Morgan fingerprint density at radius 3 is 2.20 bits per heavy atom. The molecule has 0 spiro atoms. The second kappa shape index (κ2) is 19.5. The molecule has 2 heterocycles. The predicted octanol–water partition coefficient (Wildman–Crippen LogP) is 9.16. The fourth-order valence-electron chi connectivity index (χ4n) is 6.86. The van der Waals surface area contributed by atoms with Crippen LogP contribution in [0, 0.1) is 5.82 Å². The highest BCUT2D eigenvalue weighted by atomic mass is 19.1. The summed E-state index contributed by atoms with van der Waals surface area (Å²) in [5.74, 6) is -0.0553. The van der Waals surface area contributed by atoms with Crippen molar-refractivity contribution in [1.29, 1.82) is 0 Å². The minimum absolute atomic E-state index is 0.0139. The number of unbranched alkanes of at least 4 members (excludes halogenated alkanes) is 5. The Balaban J connectivity index is 1.42. The number of anilines is 1. The van der Waals surface area contributed by atoms with E-state index in [4.69, 9.17) is 9.72 Å². The van der Waals surface area contributed by atoms with Crippen LogP contribution in [0.25, 0.3) is 11.1 Å². The number of methoxy groups -OCH3 is 1. The Labute approximate surface area is 299 Å². The zero-order valence-electron chi connectivity index (χ0n) is 31.0. The van der Waals surface area contributed by atoms with E-state index in [0.29, 0.717) is 30.9 Å². The van der Waals surface area contributed by atoms with Crippen molar-refractivity contribution in [3.63, 3.8) is 0 Å². The monoisotopic (exact) mass is 687 g/mol. The van der Waals surface area contributed by atoms with Crippen LogP contribution >= 0.6 is 0 Å². The fraction of sp³-hybridized carbons (Fsp3) is 0.537. The molecule has 0 saturated carbocycles. The van der Waals surface area contributed by atoms with Gasteiger partial charge in [0.05, 0.1) is 17.9 Å². The van der Waals surface area contributed by atoms with Crippen LogP contribution in [0.3, 0.4) is 0 Å². The molecule has 0 bridgehead atoms. The molecular formula is C41H58FN5O3. The number of urea groups is 1. The average molecular weight is 688 g/mol. The summed E-state index contributed by atoms with van der Waals surface area (Å²) in [7, 11) is 1.70. The van der Waals surface area contributed by atoms with Gasteiger partial charge < -0.3 is 20.7 Å². The number of likely N-dealkylation sites (tertiary alicyclic amines) is 1. The van der Waals surface area contributed by atoms with Crippen LogP contribution in [0.4, 0.5) is 14.9 Å². The summed E-state index contributed by atoms with van der Waals surface area (Å²) in [6.45, 7) is 14.2. The molecule has 3 aromatic rings. The zero-order chi connectivity index (χ0) is 36.0. The third-order valence-corrected chi connectivity index (χ3v) is 9.52. The molecule has 0 aliphatic carbocycles. The minimum atomic E-state index is -0.294. The third kappa shape index (κ3) is 10.8. The molecule has 0 radical (unpaired) electrons. The van der Waals surface area contributed by atoms with Gasteiger partial charge >= 0.3 is 6.03 Å². The number of carbonyl (C=O) groups is 2. The SMILES string of the molecule is CCCCCCCCNC(=O)Nc1ccccc1C(=O)NC1CCN(Cc2c(C(C)C)nc(C(C)C)c(COC)c2-c2ccc(F)cc2)CC1. The lowest BCUT2D eigenvalue weighted by atomic mass is 9.86. The molecule has 50 heavy (non-hydrogen) atoms. The lowest BCUT2D eigenvalue weighted by Crippen LogP contribution is -2.44. The number of halogens is 1. The van der Waals surface area contributed by atoms with Crippen LogP contribution in [0.15, 0.2) is 48.5 Å². The highest BCUT2D eigenvalue weighted by molar-refractivity contribution is 6.03. The van der Waals surface area contributed by atoms with Gasteiger partial charge in [-0.2, -0.15) is 0 Å². The topological polar surface area (TPSA) is 95.6 Å². The fourth-order valence-corrected chi connectivity index (χ4v) is 6.86. The Morgan fingerprint density at radius 1 is 0.900 bits per heavy atom. The summed E-state index contributed by atoms with van der Waals surface area (Å²) in [5, 5.41) is 9.03. The normalized spacial score (nSPS) is 13.9. The van der Waals surface area contributed by atoms with Crippen LogP contribution in [-0.4, -0.2) is 54.6 Å². The molecule has 0 atom stereocenters. The van der Waals surface area contributed by atoms with Crippen molar-refractivity contribution in [1.82, 2.24) is 20.5 Å². The van der Waals surface area contributed by atoms with Crippen molar-refractivity contribution < 1.29 is 18.7 Å². The Morgan fingerprint density at radius 2 is 1.54 bits per heavy atom. The number of hydrogen-bond donors (Lipinski definition) is 3. The number of ether oxygens (including phenoxy) is 1. The first-order valence-corrected chi connectivity index (χ1v) is 18.6. The first-order valence-electron chi connectivity index (χ1n) is 18.6. The third-order valence-electron chi connectivity index (χ3n) is 9.52. The highest BCUT2D eigenvalue weighted by Gasteiger charge is 2.28. The van der Waals surface area contributed by atoms with Gasteiger partial charge in [0.15, 0.2) is 0 Å². The largest absolute Gasteiger partial charge is 0.380 e. The standard InChI is InChI=1S/C41H58FN5O3/c1-7-8-9-10-11-14-23-43-41(49)45-36-16-13-12-15-33(36)40(48)44-32-21-24-47(25-22-32)26-34-37(30-17-19-31(42)20-18-30)35(27-50-6)39(29(4)5)46-38(34)28(2)3/h12-13,15-20,28-29,32H,7-11,14,21-27H2,1-6H3,(H,44,48)(H2,43,45,49). The number of carbonyl (C=O) groups excluding carboxylic acids is 2. The molecular weight excluding hydrogens is 629 g/mol. The summed E-state index contributed by atoms with van der Waals surface area (Å²) in [5.41, 5.74) is 7.29. The van der Waals surface area contributed by atoms with E-state index in [1.165, 1.54) is 37.8 Å². The van der Waals surface area contributed by atoms with Crippen molar-refractivity contribution in [3.05, 3.63) is 82.4 Å². The number of pyridine rings is 1. The molecule has 4 rings (SSSR count). The number of nitrogens with zero attached hydrogens (tertiary/aromatic N) is 2. The van der Waals surface area contributed by atoms with Crippen LogP contribution in [0.1, 0.15) is 131 Å². The second-order valence-corrected chi connectivity index (χ2v) is 14.2. The molecule has 3 amide bonds. The molecule has 1 aromatic heterocycles. The van der Waals surface area contributed by atoms with Crippen LogP contribution in [0.5, 0.6) is 0 Å². The summed E-state index contributed by atoms with van der Waals surface area (Å²) >= 11 is 0. The summed E-state index contributed by atoms with van der Waals surface area (Å²) in [6.07, 6.45) is 8.53. The van der Waals surface area contributed by atoms with Crippen molar-refractivity contribution in [2.24, 2.45) is 0 Å². The first-order chi connectivity index (χ1) is 24.1. The van der Waals surface area contributed by atoms with E-state index in [2.05, 4.69) is 55.5 Å². The van der Waals surface area contributed by atoms with Crippen LogP contribution in [0.2, 0.25) is 0 Å². The number of hydrogen-bond acceptors (Lipinski definition) is 5. The molecule has 9 heteroatoms. The molecule has 3 N–H and O–H groups in total. The van der Waals surface area contributed by atoms with Gasteiger partial charge in [-0.3, -0.25) is 14.7 Å². The average Bonchev–Trinajstić information content (AvgIpc) is 3.09. The zero-order valence-corrected chi connectivity index (χ0v) is 31.0. The van der Waals surface area contributed by atoms with E-state index in [0.717, 1.165) is 72.4 Å². The van der Waals surface area contributed by atoms with E-state index in [1.54, 1.807) is 19.2 Å². The second-order valence-electron chi connectivity index (χ2n) is 14.2. The lowest BCUT2D eigenvalue weighted by Gasteiger charge is -2.34. The van der Waals surface area contributed by atoms with E-state index < -0.39 is 0 Å². The molecule has 1 aliphatic rings. The quantitative estimate of drug-likeness (QED) is 0.123. The number of nitrogens with one attached hydrogen (secondary N) is 3. The van der Waals surface area contributed by atoms with Crippen LogP contribution in [-0.2, 0) is 17.9 Å². The molecule has 0 unspecified atom stereocenters. The minimum Gasteiger partial charge on any atom is -0.380 e. The van der Waals surface area contributed by atoms with Gasteiger partial charge in [-0.1, -0.05) is 91.0 Å². The number of benzene rings is 2. The Bertz CT molecular complexity index is 1530. The number of piperidine rings is 1. The van der Waals surface area contributed by atoms with Gasteiger partial charge in [0.2, 0.25) is 0 Å². The molecule has 272 valence electrons. The van der Waals surface area contributed by atoms with Crippen molar-refractivity contribution in [2.75, 3.05) is 32.1 Å². The Hall–Kier alpha value is -3.82. The van der Waals surface area contributed by atoms with Gasteiger partial charge in [0.1, 0.15) is 5.82 Å². The summed E-state index contributed by atoms with van der Waals surface area (Å²) in [6, 6.07) is 13.6. The van der Waals surface area contributed by atoms with Gasteiger partial charge in [0.25, 0.3) is 5.91 Å². The maximum Gasteiger partial charge on any atom is 0.319 e. The number of para-hydroxylation sites is 1. The van der Waals surface area contributed by atoms with E-state index in [-0.39, 0.29) is 35.6 Å². The van der Waals surface area contributed by atoms with Gasteiger partial charge in [-0.25, -0.2) is 9.18 Å². The molecule has 2 aromatic carbocycles. The van der Waals surface area contributed by atoms with E-state index in [1.807, 2.05) is 24.3 Å². The van der Waals surface area contributed by atoms with E-state index >= 15 is 0 Å². The number of amides is 3. The van der Waals surface area contributed by atoms with Gasteiger partial charge in [0, 0.05) is 56.3 Å². The smallest absolute Gasteiger partial charge is 0.319 e. The van der Waals surface area contributed by atoms with Crippen LogP contribution < -0.4 is 16.0 Å². The number of rotatable bonds is 17. The molecule has 1 saturated heterocycles. The Kier molecular flexibility index (Phi) is 15.2. The summed E-state index contributed by atoms with van der Waals surface area (Å²) in [4.78, 5) is 33.7. The van der Waals surface area contributed by atoms with Crippen molar-refractivity contribution in [2.45, 2.75) is 117 Å². The highest BCUT2D eigenvalue weighted by Crippen LogP contribution is 2.38. The van der Waals surface area contributed by atoms with Crippen molar-refractivity contribution in [3.8, 4) is 11.1 Å². The van der Waals surface area contributed by atoms with Crippen molar-refractivity contribution >= 4 is 17.6 Å². The first kappa shape index (κ1) is 39.0. The maximum absolute atomic E-state index is 14.1. The predicted molar refractivity (Wildman–Crippen MR) is 201 cm³/mol. The maximum atomic E-state index is 14.1. The molecule has 1 aliphatic heterocycles. The summed E-state index contributed by atoms with van der Waals surface area (Å²) < 4.78 is 19.8. The van der Waals surface area contributed by atoms with Gasteiger partial charge in [-0.15, -0.1) is 0 Å². The lowest BCUT2D eigenvalue weighted by molar-refractivity contribution is 0.0909.